The van der Waals surface area contributed by atoms with E-state index in [0.29, 0.717) is 19.6 Å². The quantitative estimate of drug-likeness (QED) is 0.855. The van der Waals surface area contributed by atoms with E-state index in [2.05, 4.69) is 5.32 Å². The lowest BCUT2D eigenvalue weighted by atomic mass is 9.86. The Bertz CT molecular complexity index is 398. The number of hydrogen-bond acceptors (Lipinski definition) is 3. The van der Waals surface area contributed by atoms with Crippen LogP contribution in [0.5, 0.6) is 0 Å². The summed E-state index contributed by atoms with van der Waals surface area (Å²) >= 11 is 0. The highest BCUT2D eigenvalue weighted by atomic mass is 16.5. The summed E-state index contributed by atoms with van der Waals surface area (Å²) < 4.78 is 5.70. The van der Waals surface area contributed by atoms with Crippen molar-refractivity contribution in [1.82, 2.24) is 10.2 Å². The minimum Gasteiger partial charge on any atom is -0.374 e. The molecule has 5 heteroatoms. The molecule has 20 heavy (non-hydrogen) atoms. The first kappa shape index (κ1) is 17.0. The van der Waals surface area contributed by atoms with Crippen molar-refractivity contribution < 1.29 is 14.3 Å². The van der Waals surface area contributed by atoms with Gasteiger partial charge in [0.25, 0.3) is 0 Å². The van der Waals surface area contributed by atoms with Gasteiger partial charge >= 0.3 is 0 Å². The van der Waals surface area contributed by atoms with Crippen molar-refractivity contribution in [2.75, 3.05) is 13.2 Å². The van der Waals surface area contributed by atoms with Crippen LogP contribution in [0.25, 0.3) is 0 Å². The van der Waals surface area contributed by atoms with Gasteiger partial charge in [-0.25, -0.2) is 0 Å². The SMILES string of the molecule is CCC1(C)C(=O)NC(C)(C)C(=O)N1CCOC(C)(C)C. The van der Waals surface area contributed by atoms with E-state index in [4.69, 9.17) is 4.74 Å². The molecule has 0 aromatic carbocycles. The number of carbonyl (C=O) groups excluding carboxylic acids is 2. The second-order valence-electron chi connectivity index (χ2n) is 7.12. The van der Waals surface area contributed by atoms with Crippen LogP contribution in [0.15, 0.2) is 0 Å². The van der Waals surface area contributed by atoms with Crippen LogP contribution < -0.4 is 5.32 Å². The lowest BCUT2D eigenvalue weighted by Gasteiger charge is -2.49. The number of nitrogens with one attached hydrogen (secondary N) is 1. The van der Waals surface area contributed by atoms with Crippen LogP contribution in [0.4, 0.5) is 0 Å². The highest BCUT2D eigenvalue weighted by Gasteiger charge is 2.51. The van der Waals surface area contributed by atoms with Crippen LogP contribution in [0.3, 0.4) is 0 Å². The molecule has 0 radical (unpaired) electrons. The van der Waals surface area contributed by atoms with Gasteiger partial charge in [-0.3, -0.25) is 9.59 Å². The molecule has 1 fully saturated rings. The first-order valence-corrected chi connectivity index (χ1v) is 7.23. The minimum absolute atomic E-state index is 0.0565. The molecule has 1 aliphatic rings. The van der Waals surface area contributed by atoms with Gasteiger partial charge in [-0.2, -0.15) is 0 Å². The number of nitrogens with zero attached hydrogens (tertiary/aromatic N) is 1. The highest BCUT2D eigenvalue weighted by Crippen LogP contribution is 2.28. The standard InChI is InChI=1S/C15H28N2O3/c1-8-15(7)11(18)16-14(5,6)12(19)17(15)9-10-20-13(2,3)4/h8-10H2,1-7H3,(H,16,18). The van der Waals surface area contributed by atoms with E-state index in [1.165, 1.54) is 0 Å². The molecule has 0 aromatic heterocycles. The molecule has 116 valence electrons. The van der Waals surface area contributed by atoms with Crippen LogP contribution in [0, 0.1) is 0 Å². The summed E-state index contributed by atoms with van der Waals surface area (Å²) in [6, 6.07) is 0. The predicted octanol–water partition coefficient (Wildman–Crippen LogP) is 1.71. The third kappa shape index (κ3) is 3.32. The van der Waals surface area contributed by atoms with E-state index in [0.717, 1.165) is 0 Å². The maximum atomic E-state index is 12.6. The van der Waals surface area contributed by atoms with Crippen LogP contribution in [-0.2, 0) is 14.3 Å². The van der Waals surface area contributed by atoms with Crippen molar-refractivity contribution in [1.29, 1.82) is 0 Å². The molecule has 0 spiro atoms. The van der Waals surface area contributed by atoms with Crippen molar-refractivity contribution in [3.63, 3.8) is 0 Å². The van der Waals surface area contributed by atoms with E-state index in [9.17, 15) is 9.59 Å². The number of carbonyl (C=O) groups is 2. The van der Waals surface area contributed by atoms with Crippen molar-refractivity contribution >= 4 is 11.8 Å². The fraction of sp³-hybridized carbons (Fsp3) is 0.867. The predicted molar refractivity (Wildman–Crippen MR) is 78.3 cm³/mol. The Morgan fingerprint density at radius 3 is 2.20 bits per heavy atom. The molecule has 1 rings (SSSR count). The zero-order valence-electron chi connectivity index (χ0n) is 13.8. The molecule has 1 aliphatic heterocycles. The molecule has 1 unspecified atom stereocenters. The molecule has 1 N–H and O–H groups in total. The number of rotatable bonds is 4. The van der Waals surface area contributed by atoms with E-state index in [-0.39, 0.29) is 17.4 Å². The van der Waals surface area contributed by atoms with E-state index >= 15 is 0 Å². The molecule has 1 heterocycles. The molecular formula is C15H28N2O3. The first-order chi connectivity index (χ1) is 8.94. The summed E-state index contributed by atoms with van der Waals surface area (Å²) in [5.41, 5.74) is -1.90. The van der Waals surface area contributed by atoms with Crippen molar-refractivity contribution in [2.24, 2.45) is 0 Å². The van der Waals surface area contributed by atoms with Gasteiger partial charge in [0.15, 0.2) is 0 Å². The Labute approximate surface area is 122 Å². The summed E-state index contributed by atoms with van der Waals surface area (Å²) in [6.45, 7) is 14.0. The minimum atomic E-state index is -0.854. The third-order valence-corrected chi connectivity index (χ3v) is 3.83. The summed E-state index contributed by atoms with van der Waals surface area (Å²) in [5, 5.41) is 2.81. The van der Waals surface area contributed by atoms with Gasteiger partial charge in [0, 0.05) is 6.54 Å². The maximum absolute atomic E-state index is 12.6. The van der Waals surface area contributed by atoms with E-state index in [1.54, 1.807) is 18.7 Å². The first-order valence-electron chi connectivity index (χ1n) is 7.23. The van der Waals surface area contributed by atoms with Crippen molar-refractivity contribution in [2.45, 2.75) is 71.6 Å². The van der Waals surface area contributed by atoms with Gasteiger partial charge in [0.05, 0.1) is 12.2 Å². The maximum Gasteiger partial charge on any atom is 0.248 e. The van der Waals surface area contributed by atoms with Gasteiger partial charge < -0.3 is 15.0 Å². The zero-order valence-corrected chi connectivity index (χ0v) is 13.8. The zero-order chi connectivity index (χ0) is 15.8. The largest absolute Gasteiger partial charge is 0.374 e. The molecule has 0 aliphatic carbocycles. The molecule has 5 nitrogen and oxygen atoms in total. The topological polar surface area (TPSA) is 58.6 Å². The highest BCUT2D eigenvalue weighted by molar-refractivity contribution is 6.01. The molecule has 2 amide bonds. The molecule has 1 atom stereocenters. The smallest absolute Gasteiger partial charge is 0.248 e. The second kappa shape index (κ2) is 5.35. The summed E-state index contributed by atoms with van der Waals surface area (Å²) in [6.07, 6.45) is 0.580. The molecule has 1 saturated heterocycles. The van der Waals surface area contributed by atoms with E-state index in [1.807, 2.05) is 34.6 Å². The molecule has 0 bridgehead atoms. The fourth-order valence-electron chi connectivity index (χ4n) is 2.30. The van der Waals surface area contributed by atoms with Crippen molar-refractivity contribution in [3.8, 4) is 0 Å². The molecule has 0 aromatic rings. The second-order valence-corrected chi connectivity index (χ2v) is 7.12. The van der Waals surface area contributed by atoms with Gasteiger partial charge in [-0.05, 0) is 48.0 Å². The summed E-state index contributed by atoms with van der Waals surface area (Å²) in [5.74, 6) is -0.153. The third-order valence-electron chi connectivity index (χ3n) is 3.83. The Balaban J connectivity index is 2.91. The number of hydrogen-bond donors (Lipinski definition) is 1. The van der Waals surface area contributed by atoms with Crippen LogP contribution in [0.1, 0.15) is 54.9 Å². The Morgan fingerprint density at radius 2 is 1.75 bits per heavy atom. The monoisotopic (exact) mass is 284 g/mol. The number of amides is 2. The van der Waals surface area contributed by atoms with Gasteiger partial charge in [0.2, 0.25) is 11.8 Å². The number of piperazine rings is 1. The Morgan fingerprint density at radius 1 is 1.20 bits per heavy atom. The lowest BCUT2D eigenvalue weighted by Crippen LogP contribution is -2.73. The van der Waals surface area contributed by atoms with Gasteiger partial charge in [-0.15, -0.1) is 0 Å². The van der Waals surface area contributed by atoms with Crippen LogP contribution >= 0.6 is 0 Å². The number of ether oxygens (including phenoxy) is 1. The van der Waals surface area contributed by atoms with E-state index < -0.39 is 11.1 Å². The van der Waals surface area contributed by atoms with Gasteiger partial charge in [0.1, 0.15) is 11.1 Å². The van der Waals surface area contributed by atoms with Crippen molar-refractivity contribution in [3.05, 3.63) is 0 Å². The van der Waals surface area contributed by atoms with Crippen LogP contribution in [-0.4, -0.2) is 46.5 Å². The normalized spacial score (nSPS) is 26.6. The average molecular weight is 284 g/mol. The van der Waals surface area contributed by atoms with Crippen LogP contribution in [0.2, 0.25) is 0 Å². The Hall–Kier alpha value is -1.10. The fourth-order valence-corrected chi connectivity index (χ4v) is 2.30. The summed E-state index contributed by atoms with van der Waals surface area (Å²) in [7, 11) is 0. The lowest BCUT2D eigenvalue weighted by molar-refractivity contribution is -0.162. The molecular weight excluding hydrogens is 256 g/mol. The molecule has 0 saturated carbocycles. The Kier molecular flexibility index (Phi) is 4.54. The van der Waals surface area contributed by atoms with Gasteiger partial charge in [-0.1, -0.05) is 6.92 Å². The average Bonchev–Trinajstić information content (AvgIpc) is 2.29. The summed E-state index contributed by atoms with van der Waals surface area (Å²) in [4.78, 5) is 26.6.